The third kappa shape index (κ3) is 3.37. The van der Waals surface area contributed by atoms with Gasteiger partial charge in [0.25, 0.3) is 21.8 Å². The van der Waals surface area contributed by atoms with Crippen molar-refractivity contribution in [2.24, 2.45) is 0 Å². The number of sulfonamides is 1. The smallest absolute Gasteiger partial charge is 0.326 e. The number of nitrogens with one attached hydrogen (secondary N) is 1. The first-order chi connectivity index (χ1) is 11.6. The number of carboxylic acid groups (broad SMARTS) is 1. The molecule has 1 unspecified atom stereocenters. The van der Waals surface area contributed by atoms with E-state index in [1.165, 1.54) is 12.1 Å². The predicted molar refractivity (Wildman–Crippen MR) is 88.7 cm³/mol. The van der Waals surface area contributed by atoms with Crippen LogP contribution in [0.3, 0.4) is 0 Å². The van der Waals surface area contributed by atoms with Crippen molar-refractivity contribution in [1.82, 2.24) is 9.62 Å². The number of carbonyl (C=O) groups excluding carboxylic acids is 2. The van der Waals surface area contributed by atoms with Gasteiger partial charge >= 0.3 is 5.97 Å². The molecular weight excluding hydrogens is 348 g/mol. The van der Waals surface area contributed by atoms with Crippen molar-refractivity contribution in [2.75, 3.05) is 0 Å². The third-order valence-electron chi connectivity index (χ3n) is 3.86. The van der Waals surface area contributed by atoms with E-state index in [1.54, 1.807) is 20.8 Å². The van der Waals surface area contributed by atoms with Gasteiger partial charge in [-0.15, -0.1) is 0 Å². The fourth-order valence-corrected chi connectivity index (χ4v) is 4.48. The minimum atomic E-state index is -4.02. The lowest BCUT2D eigenvalue weighted by atomic mass is 10.1. The maximum atomic E-state index is 12.5. The molecule has 9 heteroatoms. The summed E-state index contributed by atoms with van der Waals surface area (Å²) >= 11 is 0. The van der Waals surface area contributed by atoms with Gasteiger partial charge in [-0.25, -0.2) is 17.5 Å². The Bertz CT molecular complexity index is 831. The molecule has 2 rings (SSSR count). The highest BCUT2D eigenvalue weighted by atomic mass is 32.2. The van der Waals surface area contributed by atoms with Crippen molar-refractivity contribution in [1.29, 1.82) is 0 Å². The number of hydrogen-bond acceptors (Lipinski definition) is 5. The number of carboxylic acids is 1. The van der Waals surface area contributed by atoms with Crippen LogP contribution in [0.1, 0.15) is 54.3 Å². The Hall–Kier alpha value is -2.42. The average Bonchev–Trinajstić information content (AvgIpc) is 2.72. The van der Waals surface area contributed by atoms with E-state index in [1.807, 2.05) is 0 Å². The van der Waals surface area contributed by atoms with E-state index in [0.717, 1.165) is 10.4 Å². The lowest BCUT2D eigenvalue weighted by Gasteiger charge is -2.18. The Kier molecular flexibility index (Phi) is 5.17. The van der Waals surface area contributed by atoms with Crippen LogP contribution in [0.15, 0.2) is 23.1 Å². The molecule has 1 aromatic carbocycles. The van der Waals surface area contributed by atoms with E-state index in [4.69, 9.17) is 5.11 Å². The summed E-state index contributed by atoms with van der Waals surface area (Å²) in [6, 6.07) is 2.10. The molecule has 0 bridgehead atoms. The Labute approximate surface area is 145 Å². The van der Waals surface area contributed by atoms with Gasteiger partial charge in [0.15, 0.2) is 0 Å². The van der Waals surface area contributed by atoms with Gasteiger partial charge in [0, 0.05) is 11.6 Å². The van der Waals surface area contributed by atoms with Gasteiger partial charge in [-0.3, -0.25) is 9.59 Å². The van der Waals surface area contributed by atoms with E-state index in [9.17, 15) is 22.8 Å². The Morgan fingerprint density at radius 1 is 1.28 bits per heavy atom. The highest BCUT2D eigenvalue weighted by Crippen LogP contribution is 2.32. The van der Waals surface area contributed by atoms with Crippen molar-refractivity contribution in [2.45, 2.75) is 50.6 Å². The van der Waals surface area contributed by atoms with Crippen LogP contribution in [-0.2, 0) is 14.8 Å². The molecule has 1 heterocycles. The molecule has 136 valence electrons. The zero-order chi connectivity index (χ0) is 18.9. The monoisotopic (exact) mass is 368 g/mol. The van der Waals surface area contributed by atoms with Crippen LogP contribution in [0.25, 0.3) is 0 Å². The fourth-order valence-electron chi connectivity index (χ4n) is 2.69. The van der Waals surface area contributed by atoms with Crippen molar-refractivity contribution in [3.63, 3.8) is 0 Å². The van der Waals surface area contributed by atoms with E-state index < -0.39 is 39.9 Å². The largest absolute Gasteiger partial charge is 0.480 e. The number of amides is 2. The minimum Gasteiger partial charge on any atom is -0.480 e. The minimum absolute atomic E-state index is 0.00796. The van der Waals surface area contributed by atoms with Gasteiger partial charge in [0.2, 0.25) is 0 Å². The van der Waals surface area contributed by atoms with Crippen molar-refractivity contribution < 1.29 is 27.9 Å². The number of carbonyl (C=O) groups is 3. The second kappa shape index (κ2) is 6.83. The molecule has 25 heavy (non-hydrogen) atoms. The van der Waals surface area contributed by atoms with Gasteiger partial charge in [0.05, 0.1) is 5.56 Å². The summed E-state index contributed by atoms with van der Waals surface area (Å²) in [7, 11) is -4.02. The molecule has 0 saturated heterocycles. The van der Waals surface area contributed by atoms with Gasteiger partial charge < -0.3 is 10.4 Å². The van der Waals surface area contributed by atoms with E-state index in [0.29, 0.717) is 6.42 Å². The number of aliphatic carboxylic acids is 1. The van der Waals surface area contributed by atoms with E-state index in [-0.39, 0.29) is 22.4 Å². The maximum absolute atomic E-state index is 12.5. The molecule has 2 amide bonds. The first-order valence-electron chi connectivity index (χ1n) is 7.87. The van der Waals surface area contributed by atoms with Crippen LogP contribution < -0.4 is 5.32 Å². The molecule has 1 aromatic rings. The number of hydrogen-bond donors (Lipinski definition) is 2. The lowest BCUT2D eigenvalue weighted by molar-refractivity contribution is -0.139. The molecule has 1 aliphatic rings. The molecule has 0 saturated carbocycles. The van der Waals surface area contributed by atoms with Crippen LogP contribution in [0, 0.1) is 0 Å². The molecule has 0 aromatic heterocycles. The molecule has 0 aliphatic carbocycles. The van der Waals surface area contributed by atoms with E-state index in [2.05, 4.69) is 5.32 Å². The molecular formula is C16H20N2O6S. The van der Waals surface area contributed by atoms with Crippen LogP contribution in [0.4, 0.5) is 0 Å². The zero-order valence-electron chi connectivity index (χ0n) is 14.1. The highest BCUT2D eigenvalue weighted by Gasteiger charge is 2.43. The second-order valence-corrected chi connectivity index (χ2v) is 7.85. The van der Waals surface area contributed by atoms with Crippen molar-refractivity contribution in [3.05, 3.63) is 29.3 Å². The Morgan fingerprint density at radius 2 is 1.92 bits per heavy atom. The van der Waals surface area contributed by atoms with Crippen LogP contribution in [-0.4, -0.2) is 47.7 Å². The van der Waals surface area contributed by atoms with Crippen molar-refractivity contribution >= 4 is 27.8 Å². The summed E-state index contributed by atoms with van der Waals surface area (Å²) in [4.78, 5) is 35.4. The molecule has 1 atom stereocenters. The van der Waals surface area contributed by atoms with E-state index >= 15 is 0 Å². The fraction of sp³-hybridized carbons (Fsp3) is 0.438. The number of benzene rings is 1. The zero-order valence-corrected chi connectivity index (χ0v) is 15.0. The van der Waals surface area contributed by atoms with Gasteiger partial charge in [-0.2, -0.15) is 0 Å². The molecule has 0 radical (unpaired) electrons. The molecule has 0 fully saturated rings. The number of fused-ring (bicyclic) bond motifs is 1. The molecule has 0 spiro atoms. The standard InChI is InChI=1S/C16H20N2O6S/c1-4-5-12(16(21)22)17-14(19)10-6-7-11-13(8-10)25(23,24)18(9(2)3)15(11)20/h6-9,12H,4-5H2,1-3H3,(H,17,19)(H,21,22). The molecule has 1 aliphatic heterocycles. The van der Waals surface area contributed by atoms with Crippen molar-refractivity contribution in [3.8, 4) is 0 Å². The summed E-state index contributed by atoms with van der Waals surface area (Å²) in [5, 5.41) is 11.5. The van der Waals surface area contributed by atoms with Gasteiger partial charge in [0.1, 0.15) is 10.9 Å². The van der Waals surface area contributed by atoms with Gasteiger partial charge in [-0.05, 0) is 38.5 Å². The number of nitrogens with zero attached hydrogens (tertiary/aromatic N) is 1. The number of rotatable bonds is 6. The van der Waals surface area contributed by atoms with Crippen LogP contribution in [0.5, 0.6) is 0 Å². The normalized spacial score (nSPS) is 16.6. The summed E-state index contributed by atoms with van der Waals surface area (Å²) in [6.07, 6.45) is 0.817. The first kappa shape index (κ1) is 18.9. The third-order valence-corrected chi connectivity index (χ3v) is 5.86. The summed E-state index contributed by atoms with van der Waals surface area (Å²) in [5.41, 5.74) is -0.00308. The SMILES string of the molecule is CCCC(NC(=O)c1ccc2c(c1)S(=O)(=O)N(C(C)C)C2=O)C(=O)O. The summed E-state index contributed by atoms with van der Waals surface area (Å²) < 4.78 is 25.8. The van der Waals surface area contributed by atoms with Crippen LogP contribution >= 0.6 is 0 Å². The quantitative estimate of drug-likeness (QED) is 0.779. The maximum Gasteiger partial charge on any atom is 0.326 e. The van der Waals surface area contributed by atoms with Gasteiger partial charge in [-0.1, -0.05) is 13.3 Å². The predicted octanol–water partition coefficient (Wildman–Crippen LogP) is 1.22. The Balaban J connectivity index is 2.37. The average molecular weight is 368 g/mol. The topological polar surface area (TPSA) is 121 Å². The second-order valence-electron chi connectivity index (χ2n) is 6.06. The van der Waals surface area contributed by atoms with Crippen LogP contribution in [0.2, 0.25) is 0 Å². The summed E-state index contributed by atoms with van der Waals surface area (Å²) in [5.74, 6) is -2.49. The Morgan fingerprint density at radius 3 is 2.44 bits per heavy atom. The summed E-state index contributed by atoms with van der Waals surface area (Å²) in [6.45, 7) is 4.95. The highest BCUT2D eigenvalue weighted by molar-refractivity contribution is 7.90. The molecule has 8 nitrogen and oxygen atoms in total. The molecule has 2 N–H and O–H groups in total. The first-order valence-corrected chi connectivity index (χ1v) is 9.31. The lowest BCUT2D eigenvalue weighted by Crippen LogP contribution is -2.40.